The van der Waals surface area contributed by atoms with Gasteiger partial charge in [0.25, 0.3) is 0 Å². The lowest BCUT2D eigenvalue weighted by atomic mass is 10.2. The van der Waals surface area contributed by atoms with Crippen LogP contribution in [0, 0.1) is 0 Å². The molecule has 0 radical (unpaired) electrons. The fourth-order valence-corrected chi connectivity index (χ4v) is 3.54. The van der Waals surface area contributed by atoms with E-state index < -0.39 is 12.0 Å². The van der Waals surface area contributed by atoms with Crippen molar-refractivity contribution >= 4 is 34.0 Å². The first-order valence-electron chi connectivity index (χ1n) is 6.70. The maximum Gasteiger partial charge on any atom is 0.326 e. The lowest BCUT2D eigenvalue weighted by Gasteiger charge is -2.19. The highest BCUT2D eigenvalue weighted by molar-refractivity contribution is 7.15. The highest BCUT2D eigenvalue weighted by Crippen LogP contribution is 2.29. The molecule has 1 aromatic heterocycles. The molecule has 0 saturated carbocycles. The van der Waals surface area contributed by atoms with Gasteiger partial charge >= 0.3 is 5.97 Å². The fourth-order valence-electron chi connectivity index (χ4n) is 2.46. The van der Waals surface area contributed by atoms with E-state index in [0.717, 1.165) is 23.5 Å². The summed E-state index contributed by atoms with van der Waals surface area (Å²) in [4.78, 5) is 13.1. The molecule has 7 heteroatoms. The van der Waals surface area contributed by atoms with Crippen molar-refractivity contribution in [2.75, 3.05) is 11.4 Å². The largest absolute Gasteiger partial charge is 0.480 e. The first kappa shape index (κ1) is 14.3. The molecule has 1 N–H and O–H groups in total. The lowest BCUT2D eigenvalue weighted by molar-refractivity contribution is -0.138. The van der Waals surface area contributed by atoms with Crippen molar-refractivity contribution in [3.05, 3.63) is 39.9 Å². The molecule has 0 amide bonds. The van der Waals surface area contributed by atoms with Crippen LogP contribution in [0.2, 0.25) is 5.02 Å². The number of carboxylic acid groups (broad SMARTS) is 1. The second-order valence-corrected chi connectivity index (χ2v) is 6.45. The van der Waals surface area contributed by atoms with Crippen LogP contribution in [0.1, 0.15) is 23.4 Å². The molecule has 1 saturated heterocycles. The summed E-state index contributed by atoms with van der Waals surface area (Å²) >= 11 is 7.32. The summed E-state index contributed by atoms with van der Waals surface area (Å²) in [7, 11) is 0. The van der Waals surface area contributed by atoms with E-state index in [1.165, 1.54) is 11.3 Å². The number of carboxylic acids is 1. The summed E-state index contributed by atoms with van der Waals surface area (Å²) in [5.41, 5.74) is 1.11. The number of carbonyl (C=O) groups is 1. The molecule has 0 spiro atoms. The number of hydrogen-bond donors (Lipinski definition) is 1. The second-order valence-electron chi connectivity index (χ2n) is 4.97. The van der Waals surface area contributed by atoms with Gasteiger partial charge in [0.15, 0.2) is 0 Å². The Morgan fingerprint density at radius 3 is 2.86 bits per heavy atom. The number of halogens is 1. The summed E-state index contributed by atoms with van der Waals surface area (Å²) in [6, 6.07) is 7.14. The third-order valence-electron chi connectivity index (χ3n) is 3.51. The van der Waals surface area contributed by atoms with E-state index >= 15 is 0 Å². The molecule has 5 nitrogen and oxygen atoms in total. The van der Waals surface area contributed by atoms with Crippen molar-refractivity contribution in [3.63, 3.8) is 0 Å². The Balaban J connectivity index is 1.74. The average molecular weight is 324 g/mol. The standard InChI is InChI=1S/C14H14ClN3O2S/c15-10-5-3-9(4-6-10)8-12-16-17-14(21-12)18-7-1-2-11(18)13(19)20/h3-6,11H,1-2,7-8H2,(H,19,20)/t11-/m0/s1. The van der Waals surface area contributed by atoms with Gasteiger partial charge in [-0.2, -0.15) is 0 Å². The molecule has 0 unspecified atom stereocenters. The van der Waals surface area contributed by atoms with Crippen molar-refractivity contribution in [1.82, 2.24) is 10.2 Å². The number of hydrogen-bond acceptors (Lipinski definition) is 5. The van der Waals surface area contributed by atoms with Gasteiger partial charge in [-0.25, -0.2) is 4.79 Å². The van der Waals surface area contributed by atoms with Gasteiger partial charge in [0, 0.05) is 18.0 Å². The molecule has 3 rings (SSSR count). The highest BCUT2D eigenvalue weighted by atomic mass is 35.5. The zero-order valence-corrected chi connectivity index (χ0v) is 12.8. The van der Waals surface area contributed by atoms with Crippen LogP contribution in [0.5, 0.6) is 0 Å². The summed E-state index contributed by atoms with van der Waals surface area (Å²) in [6.07, 6.45) is 2.23. The molecule has 2 aromatic rings. The van der Waals surface area contributed by atoms with Crippen LogP contribution in [0.15, 0.2) is 24.3 Å². The van der Waals surface area contributed by atoms with E-state index in [2.05, 4.69) is 10.2 Å². The van der Waals surface area contributed by atoms with Crippen LogP contribution >= 0.6 is 22.9 Å². The Morgan fingerprint density at radius 2 is 2.14 bits per heavy atom. The highest BCUT2D eigenvalue weighted by Gasteiger charge is 2.32. The Kier molecular flexibility index (Phi) is 4.07. The van der Waals surface area contributed by atoms with Crippen molar-refractivity contribution in [2.24, 2.45) is 0 Å². The van der Waals surface area contributed by atoms with Crippen LogP contribution in [-0.2, 0) is 11.2 Å². The minimum absolute atomic E-state index is 0.471. The van der Waals surface area contributed by atoms with Gasteiger partial charge in [0.2, 0.25) is 5.13 Å². The molecule has 0 aliphatic carbocycles. The van der Waals surface area contributed by atoms with Gasteiger partial charge in [-0.15, -0.1) is 10.2 Å². The van der Waals surface area contributed by atoms with Gasteiger partial charge in [0.05, 0.1) is 0 Å². The quantitative estimate of drug-likeness (QED) is 0.937. The van der Waals surface area contributed by atoms with Crippen LogP contribution in [0.4, 0.5) is 5.13 Å². The van der Waals surface area contributed by atoms with Crippen molar-refractivity contribution in [3.8, 4) is 0 Å². The molecule has 1 aliphatic heterocycles. The van der Waals surface area contributed by atoms with Crippen molar-refractivity contribution in [2.45, 2.75) is 25.3 Å². The van der Waals surface area contributed by atoms with E-state index in [1.807, 2.05) is 29.2 Å². The Hall–Kier alpha value is -1.66. The molecule has 21 heavy (non-hydrogen) atoms. The Morgan fingerprint density at radius 1 is 1.38 bits per heavy atom. The maximum absolute atomic E-state index is 11.2. The molecule has 2 heterocycles. The minimum atomic E-state index is -0.790. The lowest BCUT2D eigenvalue weighted by Crippen LogP contribution is -2.35. The van der Waals surface area contributed by atoms with Crippen molar-refractivity contribution in [1.29, 1.82) is 0 Å². The second kappa shape index (κ2) is 5.99. The maximum atomic E-state index is 11.2. The van der Waals surface area contributed by atoms with Crippen LogP contribution in [-0.4, -0.2) is 33.9 Å². The number of benzene rings is 1. The number of aromatic nitrogens is 2. The third-order valence-corrected chi connectivity index (χ3v) is 4.72. The molecule has 110 valence electrons. The van der Waals surface area contributed by atoms with E-state index in [-0.39, 0.29) is 0 Å². The van der Waals surface area contributed by atoms with E-state index in [4.69, 9.17) is 11.6 Å². The number of rotatable bonds is 4. The Bertz CT molecular complexity index is 644. The zero-order chi connectivity index (χ0) is 14.8. The summed E-state index contributed by atoms with van der Waals surface area (Å²) in [6.45, 7) is 0.729. The monoisotopic (exact) mass is 323 g/mol. The molecular weight excluding hydrogens is 310 g/mol. The van der Waals surface area contributed by atoms with Crippen molar-refractivity contribution < 1.29 is 9.90 Å². The molecular formula is C14H14ClN3O2S. The smallest absolute Gasteiger partial charge is 0.326 e. The predicted octanol–water partition coefficient (Wildman–Crippen LogP) is 2.84. The predicted molar refractivity (Wildman–Crippen MR) is 82.2 cm³/mol. The van der Waals surface area contributed by atoms with Gasteiger partial charge < -0.3 is 10.0 Å². The van der Waals surface area contributed by atoms with E-state index in [0.29, 0.717) is 23.0 Å². The van der Waals surface area contributed by atoms with Crippen LogP contribution in [0.25, 0.3) is 0 Å². The number of aliphatic carboxylic acids is 1. The van der Waals surface area contributed by atoms with Gasteiger partial charge in [-0.1, -0.05) is 35.1 Å². The number of nitrogens with zero attached hydrogens (tertiary/aromatic N) is 3. The molecule has 1 fully saturated rings. The summed E-state index contributed by atoms with van der Waals surface area (Å²) in [5.74, 6) is -0.790. The average Bonchev–Trinajstić information content (AvgIpc) is 3.09. The Labute approximate surface area is 131 Å². The normalized spacial score (nSPS) is 18.1. The first-order valence-corrected chi connectivity index (χ1v) is 7.89. The molecule has 1 atom stereocenters. The summed E-state index contributed by atoms with van der Waals surface area (Å²) in [5, 5.41) is 19.8. The third kappa shape index (κ3) is 3.16. The first-order chi connectivity index (χ1) is 10.1. The fraction of sp³-hybridized carbons (Fsp3) is 0.357. The molecule has 1 aromatic carbocycles. The SMILES string of the molecule is O=C(O)[C@@H]1CCCN1c1nnc(Cc2ccc(Cl)cc2)s1. The van der Waals surface area contributed by atoms with Gasteiger partial charge in [0.1, 0.15) is 11.0 Å². The topological polar surface area (TPSA) is 66.3 Å². The molecule has 1 aliphatic rings. The van der Waals surface area contributed by atoms with Crippen LogP contribution in [0.3, 0.4) is 0 Å². The van der Waals surface area contributed by atoms with Crippen LogP contribution < -0.4 is 4.90 Å². The summed E-state index contributed by atoms with van der Waals surface area (Å²) < 4.78 is 0. The minimum Gasteiger partial charge on any atom is -0.480 e. The van der Waals surface area contributed by atoms with Gasteiger partial charge in [-0.05, 0) is 30.5 Å². The number of anilines is 1. The van der Waals surface area contributed by atoms with E-state index in [1.54, 1.807) is 0 Å². The zero-order valence-electron chi connectivity index (χ0n) is 11.2. The molecule has 0 bridgehead atoms. The van der Waals surface area contributed by atoms with Gasteiger partial charge in [-0.3, -0.25) is 0 Å². The van der Waals surface area contributed by atoms with E-state index in [9.17, 15) is 9.90 Å².